The van der Waals surface area contributed by atoms with Gasteiger partial charge in [-0.1, -0.05) is 35.5 Å². The molecule has 0 heterocycles. The summed E-state index contributed by atoms with van der Waals surface area (Å²) in [7, 11) is 0. The van der Waals surface area contributed by atoms with Crippen LogP contribution in [-0.4, -0.2) is 35.2 Å². The summed E-state index contributed by atoms with van der Waals surface area (Å²) in [4.78, 5) is 4.88. The van der Waals surface area contributed by atoms with Crippen LogP contribution in [0.3, 0.4) is 0 Å². The van der Waals surface area contributed by atoms with E-state index in [-0.39, 0.29) is 13.2 Å². The number of hydrogen-bond donors (Lipinski definition) is 2. The average Bonchev–Trinajstić information content (AvgIpc) is 2.29. The highest BCUT2D eigenvalue weighted by atomic mass is 16.6. The molecule has 15 heavy (non-hydrogen) atoms. The van der Waals surface area contributed by atoms with E-state index in [1.165, 1.54) is 0 Å². The minimum atomic E-state index is -0.877. The summed E-state index contributed by atoms with van der Waals surface area (Å²) < 4.78 is 0. The molecule has 0 aliphatic heterocycles. The summed E-state index contributed by atoms with van der Waals surface area (Å²) in [6, 6.07) is 9.59. The van der Waals surface area contributed by atoms with Crippen LogP contribution < -0.4 is 0 Å². The molecule has 0 radical (unpaired) electrons. The van der Waals surface area contributed by atoms with Crippen LogP contribution in [0.1, 0.15) is 12.5 Å². The van der Waals surface area contributed by atoms with E-state index < -0.39 is 6.10 Å². The Kier molecular flexibility index (Phi) is 4.80. The maximum absolute atomic E-state index is 9.00. The van der Waals surface area contributed by atoms with Gasteiger partial charge in [0.2, 0.25) is 0 Å². The highest BCUT2D eigenvalue weighted by Gasteiger charge is 2.01. The van der Waals surface area contributed by atoms with Crippen molar-refractivity contribution in [1.29, 1.82) is 0 Å². The summed E-state index contributed by atoms with van der Waals surface area (Å²) in [5, 5.41) is 21.4. The van der Waals surface area contributed by atoms with Gasteiger partial charge in [-0.15, -0.1) is 0 Å². The van der Waals surface area contributed by atoms with Crippen molar-refractivity contribution in [2.45, 2.75) is 13.0 Å². The minimum absolute atomic E-state index is 0.000668. The van der Waals surface area contributed by atoms with Gasteiger partial charge in [-0.3, -0.25) is 0 Å². The Morgan fingerprint density at radius 2 is 2.07 bits per heavy atom. The van der Waals surface area contributed by atoms with Crippen LogP contribution in [0.4, 0.5) is 0 Å². The molecule has 1 aromatic rings. The van der Waals surface area contributed by atoms with Gasteiger partial charge in [0.25, 0.3) is 0 Å². The van der Waals surface area contributed by atoms with Gasteiger partial charge in [-0.2, -0.15) is 0 Å². The molecular weight excluding hydrogens is 194 g/mol. The summed E-state index contributed by atoms with van der Waals surface area (Å²) in [6.07, 6.45) is -0.877. The predicted octanol–water partition coefficient (Wildman–Crippen LogP) is 0.780. The lowest BCUT2D eigenvalue weighted by atomic mass is 10.1. The molecule has 0 saturated heterocycles. The van der Waals surface area contributed by atoms with E-state index in [2.05, 4.69) is 5.16 Å². The third kappa shape index (κ3) is 4.10. The van der Waals surface area contributed by atoms with Crippen LogP contribution in [0.15, 0.2) is 35.5 Å². The molecular formula is C11H15NO3. The summed E-state index contributed by atoms with van der Waals surface area (Å²) in [5.41, 5.74) is 1.71. The first-order valence-corrected chi connectivity index (χ1v) is 4.75. The highest BCUT2D eigenvalue weighted by molar-refractivity contribution is 5.98. The predicted molar refractivity (Wildman–Crippen MR) is 57.7 cm³/mol. The van der Waals surface area contributed by atoms with Crippen LogP contribution in [0.2, 0.25) is 0 Å². The molecule has 0 bridgehead atoms. The zero-order chi connectivity index (χ0) is 11.1. The number of rotatable bonds is 5. The van der Waals surface area contributed by atoms with E-state index in [4.69, 9.17) is 15.1 Å². The van der Waals surface area contributed by atoms with E-state index >= 15 is 0 Å². The Morgan fingerprint density at radius 3 is 2.67 bits per heavy atom. The monoisotopic (exact) mass is 209 g/mol. The van der Waals surface area contributed by atoms with Gasteiger partial charge in [0, 0.05) is 0 Å². The van der Waals surface area contributed by atoms with Gasteiger partial charge >= 0.3 is 0 Å². The molecule has 82 valence electrons. The molecule has 0 fully saturated rings. The van der Waals surface area contributed by atoms with Crippen LogP contribution >= 0.6 is 0 Å². The number of hydrogen-bond acceptors (Lipinski definition) is 4. The van der Waals surface area contributed by atoms with Crippen molar-refractivity contribution in [2.24, 2.45) is 5.16 Å². The zero-order valence-electron chi connectivity index (χ0n) is 8.63. The van der Waals surface area contributed by atoms with Crippen LogP contribution in [0.25, 0.3) is 0 Å². The van der Waals surface area contributed by atoms with Crippen molar-refractivity contribution in [3.8, 4) is 0 Å². The Balaban J connectivity index is 2.47. The first-order valence-electron chi connectivity index (χ1n) is 4.75. The first kappa shape index (κ1) is 11.7. The lowest BCUT2D eigenvalue weighted by Crippen LogP contribution is -2.18. The van der Waals surface area contributed by atoms with E-state index in [1.54, 1.807) is 0 Å². The van der Waals surface area contributed by atoms with Crippen LogP contribution in [0.5, 0.6) is 0 Å². The van der Waals surface area contributed by atoms with Crippen molar-refractivity contribution < 1.29 is 15.1 Å². The molecule has 0 saturated carbocycles. The number of nitrogens with zero attached hydrogens (tertiary/aromatic N) is 1. The van der Waals surface area contributed by atoms with Gasteiger partial charge < -0.3 is 15.1 Å². The summed E-state index contributed by atoms with van der Waals surface area (Å²) in [5.74, 6) is 0. The first-order chi connectivity index (χ1) is 7.24. The van der Waals surface area contributed by atoms with Crippen molar-refractivity contribution in [2.75, 3.05) is 13.2 Å². The fourth-order valence-corrected chi connectivity index (χ4v) is 1.00. The summed E-state index contributed by atoms with van der Waals surface area (Å²) >= 11 is 0. The Hall–Kier alpha value is -1.39. The fourth-order valence-electron chi connectivity index (χ4n) is 1.00. The molecule has 1 rings (SSSR count). The molecule has 0 aromatic heterocycles. The van der Waals surface area contributed by atoms with E-state index in [9.17, 15) is 0 Å². The fraction of sp³-hybridized carbons (Fsp3) is 0.364. The molecule has 2 N–H and O–H groups in total. The van der Waals surface area contributed by atoms with Crippen molar-refractivity contribution >= 4 is 5.71 Å². The third-order valence-corrected chi connectivity index (χ3v) is 1.87. The smallest absolute Gasteiger partial charge is 0.145 e. The second kappa shape index (κ2) is 6.16. The number of aliphatic hydroxyl groups is 2. The Bertz CT molecular complexity index is 311. The molecule has 1 aromatic carbocycles. The minimum Gasteiger partial charge on any atom is -0.394 e. The topological polar surface area (TPSA) is 62.0 Å². The molecule has 4 heteroatoms. The molecule has 0 amide bonds. The maximum atomic E-state index is 9.00. The van der Waals surface area contributed by atoms with Gasteiger partial charge in [0.15, 0.2) is 0 Å². The van der Waals surface area contributed by atoms with Gasteiger partial charge in [-0.05, 0) is 12.5 Å². The Labute approximate surface area is 88.8 Å². The standard InChI is InChI=1S/C11H15NO3/c1-9(10-5-3-2-4-6-10)12-15-8-11(14)7-13/h2-6,11,13-14H,7-8H2,1H3/b12-9-/t11-/m0/s1. The number of aliphatic hydroxyl groups excluding tert-OH is 2. The molecule has 4 nitrogen and oxygen atoms in total. The molecule has 0 aliphatic rings. The third-order valence-electron chi connectivity index (χ3n) is 1.87. The van der Waals surface area contributed by atoms with Crippen molar-refractivity contribution in [3.05, 3.63) is 35.9 Å². The molecule has 0 spiro atoms. The molecule has 0 aliphatic carbocycles. The number of oxime groups is 1. The number of benzene rings is 1. The van der Waals surface area contributed by atoms with Gasteiger partial charge in [-0.25, -0.2) is 0 Å². The SMILES string of the molecule is C/C(=N/OC[C@@H](O)CO)c1ccccc1. The lowest BCUT2D eigenvalue weighted by molar-refractivity contribution is 0.00833. The van der Waals surface area contributed by atoms with E-state index in [0.29, 0.717) is 0 Å². The van der Waals surface area contributed by atoms with Gasteiger partial charge in [0.05, 0.1) is 12.3 Å². The van der Waals surface area contributed by atoms with Crippen LogP contribution in [-0.2, 0) is 4.84 Å². The molecule has 1 atom stereocenters. The van der Waals surface area contributed by atoms with E-state index in [1.807, 2.05) is 37.3 Å². The van der Waals surface area contributed by atoms with Crippen molar-refractivity contribution in [1.82, 2.24) is 0 Å². The second-order valence-corrected chi connectivity index (χ2v) is 3.17. The van der Waals surface area contributed by atoms with Gasteiger partial charge in [0.1, 0.15) is 12.7 Å². The normalized spacial score (nSPS) is 13.7. The highest BCUT2D eigenvalue weighted by Crippen LogP contribution is 2.01. The average molecular weight is 209 g/mol. The zero-order valence-corrected chi connectivity index (χ0v) is 8.63. The second-order valence-electron chi connectivity index (χ2n) is 3.17. The maximum Gasteiger partial charge on any atom is 0.145 e. The van der Waals surface area contributed by atoms with E-state index in [0.717, 1.165) is 11.3 Å². The lowest BCUT2D eigenvalue weighted by Gasteiger charge is -2.05. The molecule has 0 unspecified atom stereocenters. The Morgan fingerprint density at radius 1 is 1.40 bits per heavy atom. The van der Waals surface area contributed by atoms with Crippen LogP contribution in [0, 0.1) is 0 Å². The summed E-state index contributed by atoms with van der Waals surface area (Å²) in [6.45, 7) is 1.50. The largest absolute Gasteiger partial charge is 0.394 e. The van der Waals surface area contributed by atoms with Crippen molar-refractivity contribution in [3.63, 3.8) is 0 Å². The quantitative estimate of drug-likeness (QED) is 0.556.